The Morgan fingerprint density at radius 2 is 2.16 bits per heavy atom. The Morgan fingerprint density at radius 1 is 1.42 bits per heavy atom. The van der Waals surface area contributed by atoms with E-state index >= 15 is 0 Å². The summed E-state index contributed by atoms with van der Waals surface area (Å²) in [7, 11) is 1.64. The van der Waals surface area contributed by atoms with Crippen molar-refractivity contribution in [1.82, 2.24) is 9.97 Å². The van der Waals surface area contributed by atoms with Crippen molar-refractivity contribution in [2.75, 3.05) is 43.8 Å². The maximum Gasteiger partial charge on any atom is 0.191 e. The normalized spacial score (nSPS) is 12.2. The van der Waals surface area contributed by atoms with E-state index in [-0.39, 0.29) is 12.6 Å². The lowest BCUT2D eigenvalue weighted by Gasteiger charge is -2.18. The van der Waals surface area contributed by atoms with Crippen molar-refractivity contribution in [3.8, 4) is 0 Å². The number of anilines is 2. The van der Waals surface area contributed by atoms with Crippen molar-refractivity contribution >= 4 is 23.4 Å². The summed E-state index contributed by atoms with van der Waals surface area (Å²) in [6, 6.07) is 1.90. The largest absolute Gasteiger partial charge is 0.396 e. The van der Waals surface area contributed by atoms with Crippen LogP contribution < -0.4 is 10.6 Å². The van der Waals surface area contributed by atoms with Crippen molar-refractivity contribution in [2.45, 2.75) is 24.5 Å². The highest BCUT2D eigenvalue weighted by atomic mass is 32.2. The first-order valence-corrected chi connectivity index (χ1v) is 7.49. The van der Waals surface area contributed by atoms with E-state index in [1.54, 1.807) is 7.11 Å². The third-order valence-electron chi connectivity index (χ3n) is 2.44. The zero-order valence-corrected chi connectivity index (χ0v) is 12.5. The fraction of sp³-hybridized carbons (Fsp3) is 0.667. The molecule has 19 heavy (non-hydrogen) atoms. The molecule has 0 bridgehead atoms. The van der Waals surface area contributed by atoms with Crippen LogP contribution in [0, 0.1) is 0 Å². The van der Waals surface area contributed by atoms with Crippen LogP contribution in [0.2, 0.25) is 0 Å². The molecular formula is C12H22N4O2S. The lowest BCUT2D eigenvalue weighted by molar-refractivity contribution is 0.170. The minimum atomic E-state index is 0.0362. The van der Waals surface area contributed by atoms with Crippen LogP contribution in [-0.4, -0.2) is 54.2 Å². The van der Waals surface area contributed by atoms with Gasteiger partial charge in [-0.25, -0.2) is 9.97 Å². The summed E-state index contributed by atoms with van der Waals surface area (Å²) in [6.07, 6.45) is 2.55. The number of aromatic nitrogens is 2. The minimum absolute atomic E-state index is 0.0362. The van der Waals surface area contributed by atoms with E-state index in [0.717, 1.165) is 18.2 Å². The predicted octanol–water partition coefficient (Wildman–Crippen LogP) is 1.44. The highest BCUT2D eigenvalue weighted by Crippen LogP contribution is 2.18. The number of methoxy groups -OCH3 is 1. The lowest BCUT2D eigenvalue weighted by atomic mass is 10.2. The molecule has 3 N–H and O–H groups in total. The smallest absolute Gasteiger partial charge is 0.191 e. The fourth-order valence-corrected chi connectivity index (χ4v) is 2.00. The Bertz CT molecular complexity index is 373. The first-order chi connectivity index (χ1) is 9.23. The van der Waals surface area contributed by atoms with Crippen molar-refractivity contribution in [2.24, 2.45) is 0 Å². The molecule has 1 atom stereocenters. The number of aliphatic hydroxyl groups excluding tert-OH is 1. The third kappa shape index (κ3) is 5.63. The molecule has 0 aliphatic rings. The molecule has 0 spiro atoms. The van der Waals surface area contributed by atoms with E-state index in [0.29, 0.717) is 18.2 Å². The molecule has 0 aliphatic heterocycles. The molecular weight excluding hydrogens is 264 g/mol. The van der Waals surface area contributed by atoms with Gasteiger partial charge in [-0.1, -0.05) is 11.8 Å². The molecule has 1 aromatic heterocycles. The lowest BCUT2D eigenvalue weighted by Crippen LogP contribution is -2.26. The highest BCUT2D eigenvalue weighted by Gasteiger charge is 2.10. The number of ether oxygens (including phenoxy) is 1. The Labute approximate surface area is 118 Å². The van der Waals surface area contributed by atoms with E-state index in [2.05, 4.69) is 20.6 Å². The second-order valence-electron chi connectivity index (χ2n) is 3.96. The molecule has 1 rings (SSSR count). The monoisotopic (exact) mass is 286 g/mol. The molecule has 0 aromatic carbocycles. The van der Waals surface area contributed by atoms with Gasteiger partial charge in [0.05, 0.1) is 12.6 Å². The summed E-state index contributed by atoms with van der Waals surface area (Å²) < 4.78 is 5.13. The number of nitrogens with zero attached hydrogens (tertiary/aromatic N) is 2. The maximum absolute atomic E-state index is 9.04. The summed E-state index contributed by atoms with van der Waals surface area (Å²) in [5.74, 6) is 1.54. The molecule has 0 aliphatic carbocycles. The van der Waals surface area contributed by atoms with Crippen LogP contribution in [-0.2, 0) is 4.74 Å². The van der Waals surface area contributed by atoms with Gasteiger partial charge >= 0.3 is 0 Å². The Balaban J connectivity index is 2.81. The standard InChI is InChI=1S/C12H22N4O2S/c1-4-13-10-7-11(16-12(15-10)19-3)14-9(5-6-17)8-18-2/h7,9,17H,4-6,8H2,1-3H3,(H2,13,14,15,16). The van der Waals surface area contributed by atoms with Gasteiger partial charge in [-0.05, 0) is 19.6 Å². The van der Waals surface area contributed by atoms with Gasteiger partial charge in [0.15, 0.2) is 5.16 Å². The van der Waals surface area contributed by atoms with E-state index in [1.165, 1.54) is 11.8 Å². The van der Waals surface area contributed by atoms with E-state index in [9.17, 15) is 0 Å². The molecule has 1 aromatic rings. The van der Waals surface area contributed by atoms with Crippen LogP contribution in [0.1, 0.15) is 13.3 Å². The molecule has 6 nitrogen and oxygen atoms in total. The molecule has 0 saturated carbocycles. The SMILES string of the molecule is CCNc1cc(NC(CCO)COC)nc(SC)n1. The highest BCUT2D eigenvalue weighted by molar-refractivity contribution is 7.98. The van der Waals surface area contributed by atoms with Gasteiger partial charge in [0.2, 0.25) is 0 Å². The van der Waals surface area contributed by atoms with Gasteiger partial charge in [0, 0.05) is 26.3 Å². The summed E-state index contributed by atoms with van der Waals surface area (Å²) >= 11 is 1.49. The summed E-state index contributed by atoms with van der Waals surface area (Å²) in [5.41, 5.74) is 0. The Hall–Kier alpha value is -1.05. The van der Waals surface area contributed by atoms with Gasteiger partial charge in [-0.15, -0.1) is 0 Å². The third-order valence-corrected chi connectivity index (χ3v) is 2.99. The van der Waals surface area contributed by atoms with Crippen LogP contribution in [0.5, 0.6) is 0 Å². The van der Waals surface area contributed by atoms with Crippen molar-refractivity contribution in [3.05, 3.63) is 6.07 Å². The van der Waals surface area contributed by atoms with Crippen LogP contribution >= 0.6 is 11.8 Å². The molecule has 1 heterocycles. The molecule has 108 valence electrons. The van der Waals surface area contributed by atoms with Gasteiger partial charge in [-0.3, -0.25) is 0 Å². The van der Waals surface area contributed by atoms with Crippen molar-refractivity contribution in [1.29, 1.82) is 0 Å². The molecule has 7 heteroatoms. The average molecular weight is 286 g/mol. The van der Waals surface area contributed by atoms with Gasteiger partial charge in [0.25, 0.3) is 0 Å². The molecule has 0 radical (unpaired) electrons. The number of thioether (sulfide) groups is 1. The maximum atomic E-state index is 9.04. The number of hydrogen-bond donors (Lipinski definition) is 3. The minimum Gasteiger partial charge on any atom is -0.396 e. The van der Waals surface area contributed by atoms with Crippen LogP contribution in [0.15, 0.2) is 11.2 Å². The van der Waals surface area contributed by atoms with Gasteiger partial charge in [-0.2, -0.15) is 0 Å². The van der Waals surface area contributed by atoms with Gasteiger partial charge < -0.3 is 20.5 Å². The van der Waals surface area contributed by atoms with Crippen molar-refractivity contribution < 1.29 is 9.84 Å². The second-order valence-corrected chi connectivity index (χ2v) is 4.74. The molecule has 0 fully saturated rings. The summed E-state index contributed by atoms with van der Waals surface area (Å²) in [6.45, 7) is 3.47. The van der Waals surface area contributed by atoms with E-state index in [4.69, 9.17) is 9.84 Å². The Kier molecular flexibility index (Phi) is 7.54. The van der Waals surface area contributed by atoms with Crippen LogP contribution in [0.3, 0.4) is 0 Å². The second kappa shape index (κ2) is 8.95. The molecule has 0 amide bonds. The number of hydrogen-bond acceptors (Lipinski definition) is 7. The molecule has 1 unspecified atom stereocenters. The summed E-state index contributed by atoms with van der Waals surface area (Å²) in [4.78, 5) is 8.76. The first kappa shape index (κ1) is 16.0. The topological polar surface area (TPSA) is 79.3 Å². The number of aliphatic hydroxyl groups is 1. The van der Waals surface area contributed by atoms with E-state index < -0.39 is 0 Å². The zero-order chi connectivity index (χ0) is 14.1. The number of nitrogens with one attached hydrogen (secondary N) is 2. The molecule has 0 saturated heterocycles. The van der Waals surface area contributed by atoms with Crippen molar-refractivity contribution in [3.63, 3.8) is 0 Å². The van der Waals surface area contributed by atoms with E-state index in [1.807, 2.05) is 19.2 Å². The Morgan fingerprint density at radius 3 is 2.74 bits per heavy atom. The fourth-order valence-electron chi connectivity index (χ4n) is 1.63. The van der Waals surface area contributed by atoms with Crippen LogP contribution in [0.25, 0.3) is 0 Å². The predicted molar refractivity (Wildman–Crippen MR) is 79.0 cm³/mol. The number of rotatable bonds is 9. The van der Waals surface area contributed by atoms with Gasteiger partial charge in [0.1, 0.15) is 11.6 Å². The summed E-state index contributed by atoms with van der Waals surface area (Å²) in [5, 5.41) is 16.2. The average Bonchev–Trinajstić information content (AvgIpc) is 2.39. The quantitative estimate of drug-likeness (QED) is 0.468. The van der Waals surface area contributed by atoms with Crippen LogP contribution in [0.4, 0.5) is 11.6 Å². The zero-order valence-electron chi connectivity index (χ0n) is 11.6. The first-order valence-electron chi connectivity index (χ1n) is 6.26.